The summed E-state index contributed by atoms with van der Waals surface area (Å²) in [6.45, 7) is 3.75. The van der Waals surface area contributed by atoms with Crippen molar-refractivity contribution in [2.24, 2.45) is 4.99 Å². The highest BCUT2D eigenvalue weighted by molar-refractivity contribution is 7.90. The van der Waals surface area contributed by atoms with E-state index in [1.807, 2.05) is 0 Å². The summed E-state index contributed by atoms with van der Waals surface area (Å²) >= 11 is 0. The molecule has 0 aromatic heterocycles. The number of aliphatic imine (C=N–C) groups is 1. The van der Waals surface area contributed by atoms with E-state index in [4.69, 9.17) is 4.74 Å². The molecule has 0 radical (unpaired) electrons. The van der Waals surface area contributed by atoms with Crippen LogP contribution in [0.25, 0.3) is 0 Å². The molecular weight excluding hydrogens is 280 g/mol. The Bertz CT molecular complexity index is 371. The van der Waals surface area contributed by atoms with Crippen molar-refractivity contribution in [2.45, 2.75) is 6.42 Å². The summed E-state index contributed by atoms with van der Waals surface area (Å²) in [6.07, 6.45) is 2.23. The molecule has 0 aliphatic rings. The smallest absolute Gasteiger partial charge is 0.191 e. The number of methoxy groups -OCH3 is 1. The number of hydrogen-bond acceptors (Lipinski definition) is 5. The topological polar surface area (TPSA) is 83.0 Å². The summed E-state index contributed by atoms with van der Waals surface area (Å²) in [5.41, 5.74) is 0. The molecule has 0 heterocycles. The van der Waals surface area contributed by atoms with Crippen LogP contribution in [-0.4, -0.2) is 85.3 Å². The molecule has 0 atom stereocenters. The number of likely N-dealkylation sites (N-methyl/N-ethyl adjacent to an activating group) is 1. The Morgan fingerprint density at radius 2 is 1.90 bits per heavy atom. The minimum absolute atomic E-state index is 0.102. The van der Waals surface area contributed by atoms with Gasteiger partial charge >= 0.3 is 0 Å². The maximum absolute atomic E-state index is 11.0. The summed E-state index contributed by atoms with van der Waals surface area (Å²) in [4.78, 5) is 6.25. The average molecular weight is 308 g/mol. The van der Waals surface area contributed by atoms with Crippen molar-refractivity contribution in [3.05, 3.63) is 0 Å². The van der Waals surface area contributed by atoms with Crippen LogP contribution in [0.15, 0.2) is 4.99 Å². The highest BCUT2D eigenvalue weighted by atomic mass is 32.2. The molecule has 0 aliphatic heterocycles. The molecule has 0 bridgehead atoms. The standard InChI is InChI=1S/C12H28N4O3S/c1-13-12(15-7-11-20(4,17)18)14-6-9-16(2)8-5-10-19-3/h5-11H2,1-4H3,(H2,13,14,15). The molecule has 20 heavy (non-hydrogen) atoms. The average Bonchev–Trinajstić information content (AvgIpc) is 2.36. The fraction of sp³-hybridized carbons (Fsp3) is 0.917. The summed E-state index contributed by atoms with van der Waals surface area (Å²) in [7, 11) is 2.48. The molecule has 0 rings (SSSR count). The highest BCUT2D eigenvalue weighted by Gasteiger charge is 2.03. The maximum Gasteiger partial charge on any atom is 0.191 e. The van der Waals surface area contributed by atoms with Crippen LogP contribution < -0.4 is 10.6 Å². The molecule has 7 nitrogen and oxygen atoms in total. The summed E-state index contributed by atoms with van der Waals surface area (Å²) < 4.78 is 27.0. The SMILES string of the molecule is CN=C(NCCN(C)CCCOC)NCCS(C)(=O)=O. The normalized spacial score (nSPS) is 12.8. The van der Waals surface area contributed by atoms with Crippen LogP contribution in [0.2, 0.25) is 0 Å². The van der Waals surface area contributed by atoms with Crippen LogP contribution in [0.5, 0.6) is 0 Å². The zero-order valence-corrected chi connectivity index (χ0v) is 13.8. The van der Waals surface area contributed by atoms with E-state index in [2.05, 4.69) is 27.6 Å². The third kappa shape index (κ3) is 12.2. The predicted octanol–water partition coefficient (Wildman–Crippen LogP) is -0.836. The van der Waals surface area contributed by atoms with Crippen molar-refractivity contribution in [1.82, 2.24) is 15.5 Å². The number of nitrogens with zero attached hydrogens (tertiary/aromatic N) is 2. The van der Waals surface area contributed by atoms with Gasteiger partial charge in [0, 0.05) is 53.2 Å². The zero-order valence-electron chi connectivity index (χ0n) is 13.0. The van der Waals surface area contributed by atoms with Crippen LogP contribution in [0, 0.1) is 0 Å². The molecule has 8 heteroatoms. The molecular formula is C12H28N4O3S. The summed E-state index contributed by atoms with van der Waals surface area (Å²) in [5.74, 6) is 0.726. The lowest BCUT2D eigenvalue weighted by molar-refractivity contribution is 0.180. The lowest BCUT2D eigenvalue weighted by Gasteiger charge is -2.18. The molecule has 0 aliphatic carbocycles. The minimum atomic E-state index is -2.94. The second kappa shape index (κ2) is 10.9. The largest absolute Gasteiger partial charge is 0.385 e. The quantitative estimate of drug-likeness (QED) is 0.311. The molecule has 0 aromatic carbocycles. The van der Waals surface area contributed by atoms with Crippen LogP contribution in [0.3, 0.4) is 0 Å². The first kappa shape index (κ1) is 19.1. The number of nitrogens with one attached hydrogen (secondary N) is 2. The van der Waals surface area contributed by atoms with Gasteiger partial charge < -0.3 is 20.3 Å². The van der Waals surface area contributed by atoms with Gasteiger partial charge in [0.15, 0.2) is 5.96 Å². The van der Waals surface area contributed by atoms with Gasteiger partial charge in [0.1, 0.15) is 9.84 Å². The van der Waals surface area contributed by atoms with Gasteiger partial charge in [-0.15, -0.1) is 0 Å². The third-order valence-electron chi connectivity index (χ3n) is 2.66. The van der Waals surface area contributed by atoms with E-state index >= 15 is 0 Å². The second-order valence-electron chi connectivity index (χ2n) is 4.71. The van der Waals surface area contributed by atoms with Crippen LogP contribution in [-0.2, 0) is 14.6 Å². The number of hydrogen-bond donors (Lipinski definition) is 2. The Labute approximate surface area is 122 Å². The van der Waals surface area contributed by atoms with E-state index in [1.54, 1.807) is 14.2 Å². The number of rotatable bonds is 10. The van der Waals surface area contributed by atoms with Crippen molar-refractivity contribution < 1.29 is 13.2 Å². The lowest BCUT2D eigenvalue weighted by Crippen LogP contribution is -2.42. The molecule has 0 amide bonds. The van der Waals surface area contributed by atoms with E-state index in [0.29, 0.717) is 12.5 Å². The van der Waals surface area contributed by atoms with E-state index in [9.17, 15) is 8.42 Å². The van der Waals surface area contributed by atoms with Crippen LogP contribution in [0.1, 0.15) is 6.42 Å². The maximum atomic E-state index is 11.0. The number of guanidine groups is 1. The molecule has 120 valence electrons. The first-order valence-electron chi connectivity index (χ1n) is 6.68. The third-order valence-corrected chi connectivity index (χ3v) is 3.61. The van der Waals surface area contributed by atoms with Gasteiger partial charge in [-0.05, 0) is 13.5 Å². The Morgan fingerprint density at radius 3 is 2.45 bits per heavy atom. The molecule has 0 spiro atoms. The van der Waals surface area contributed by atoms with Gasteiger partial charge in [0.25, 0.3) is 0 Å². The van der Waals surface area contributed by atoms with Gasteiger partial charge in [0.2, 0.25) is 0 Å². The minimum Gasteiger partial charge on any atom is -0.385 e. The monoisotopic (exact) mass is 308 g/mol. The molecule has 0 saturated heterocycles. The fourth-order valence-corrected chi connectivity index (χ4v) is 2.00. The van der Waals surface area contributed by atoms with Gasteiger partial charge in [-0.2, -0.15) is 0 Å². The summed E-state index contributed by atoms with van der Waals surface area (Å²) in [5, 5.41) is 6.12. The predicted molar refractivity (Wildman–Crippen MR) is 83.1 cm³/mol. The van der Waals surface area contributed by atoms with Crippen molar-refractivity contribution in [3.63, 3.8) is 0 Å². The van der Waals surface area contributed by atoms with E-state index in [1.165, 1.54) is 6.26 Å². The molecule has 0 aromatic rings. The molecule has 2 N–H and O–H groups in total. The lowest BCUT2D eigenvalue weighted by atomic mass is 10.4. The zero-order chi connectivity index (χ0) is 15.4. The fourth-order valence-electron chi connectivity index (χ4n) is 1.53. The van der Waals surface area contributed by atoms with Crippen molar-refractivity contribution >= 4 is 15.8 Å². The first-order chi connectivity index (χ1) is 9.39. The number of ether oxygens (including phenoxy) is 1. The van der Waals surface area contributed by atoms with Crippen molar-refractivity contribution in [2.75, 3.05) is 66.0 Å². The number of sulfone groups is 1. The van der Waals surface area contributed by atoms with Crippen molar-refractivity contribution in [1.29, 1.82) is 0 Å². The van der Waals surface area contributed by atoms with Gasteiger partial charge in [-0.25, -0.2) is 8.42 Å². The Morgan fingerprint density at radius 1 is 1.25 bits per heavy atom. The van der Waals surface area contributed by atoms with E-state index < -0.39 is 9.84 Å². The Hall–Kier alpha value is -0.860. The summed E-state index contributed by atoms with van der Waals surface area (Å²) in [6, 6.07) is 0. The Balaban J connectivity index is 3.75. The van der Waals surface area contributed by atoms with Gasteiger partial charge in [-0.1, -0.05) is 0 Å². The van der Waals surface area contributed by atoms with Gasteiger partial charge in [-0.3, -0.25) is 4.99 Å². The Kier molecular flexibility index (Phi) is 10.4. The van der Waals surface area contributed by atoms with E-state index in [-0.39, 0.29) is 5.75 Å². The molecule has 0 fully saturated rings. The molecule has 0 saturated carbocycles. The second-order valence-corrected chi connectivity index (χ2v) is 6.97. The van der Waals surface area contributed by atoms with Crippen molar-refractivity contribution in [3.8, 4) is 0 Å². The van der Waals surface area contributed by atoms with Gasteiger partial charge in [0.05, 0.1) is 5.75 Å². The first-order valence-corrected chi connectivity index (χ1v) is 8.75. The van der Waals surface area contributed by atoms with E-state index in [0.717, 1.165) is 32.7 Å². The van der Waals surface area contributed by atoms with Crippen LogP contribution >= 0.6 is 0 Å². The molecule has 0 unspecified atom stereocenters. The van der Waals surface area contributed by atoms with Crippen LogP contribution in [0.4, 0.5) is 0 Å². The highest BCUT2D eigenvalue weighted by Crippen LogP contribution is 1.87.